The fourth-order valence-electron chi connectivity index (χ4n) is 2.70. The van der Waals surface area contributed by atoms with Gasteiger partial charge in [-0.2, -0.15) is 0 Å². The van der Waals surface area contributed by atoms with Crippen LogP contribution in [-0.4, -0.2) is 14.2 Å². The topological polar surface area (TPSA) is 34.1 Å². The Morgan fingerprint density at radius 3 is 1.86 bits per heavy atom. The van der Waals surface area contributed by atoms with Crippen LogP contribution in [0, 0.1) is 6.92 Å². The van der Waals surface area contributed by atoms with Crippen LogP contribution in [0.15, 0.2) is 29.2 Å². The van der Waals surface area contributed by atoms with Crippen molar-refractivity contribution in [3.8, 4) is 0 Å². The lowest BCUT2D eigenvalue weighted by atomic mass is 10.1. The van der Waals surface area contributed by atoms with Crippen LogP contribution >= 0.6 is 0 Å². The minimum absolute atomic E-state index is 0.246. The van der Waals surface area contributed by atoms with Crippen molar-refractivity contribution in [3.05, 3.63) is 36.8 Å². The third-order valence-electron chi connectivity index (χ3n) is 4.07. The molecule has 0 aromatic heterocycles. The van der Waals surface area contributed by atoms with Crippen LogP contribution in [0.1, 0.15) is 76.7 Å². The summed E-state index contributed by atoms with van der Waals surface area (Å²) in [6, 6.07) is 7.00. The molecule has 0 unspecified atom stereocenters. The summed E-state index contributed by atoms with van der Waals surface area (Å²) in [5.41, 5.74) is 0.606. The normalized spacial score (nSPS) is 11.7. The van der Waals surface area contributed by atoms with Crippen molar-refractivity contribution < 1.29 is 8.42 Å². The Balaban J connectivity index is 2.13. The first-order valence-electron chi connectivity index (χ1n) is 8.71. The molecule has 0 aliphatic rings. The van der Waals surface area contributed by atoms with Gasteiger partial charge in [0.1, 0.15) is 0 Å². The van der Waals surface area contributed by atoms with Crippen molar-refractivity contribution in [1.82, 2.24) is 0 Å². The van der Waals surface area contributed by atoms with Crippen LogP contribution in [0.3, 0.4) is 0 Å². The highest BCUT2D eigenvalue weighted by molar-refractivity contribution is 7.91. The average Bonchev–Trinajstić information content (AvgIpc) is 2.49. The number of benzene rings is 1. The first-order chi connectivity index (χ1) is 10.6. The van der Waals surface area contributed by atoms with Gasteiger partial charge in [0.2, 0.25) is 0 Å². The van der Waals surface area contributed by atoms with E-state index in [0.717, 1.165) is 19.3 Å². The molecule has 0 amide bonds. The predicted octanol–water partition coefficient (Wildman–Crippen LogP) is 5.56. The molecular weight excluding hydrogens is 292 g/mol. The van der Waals surface area contributed by atoms with Crippen LogP contribution < -0.4 is 0 Å². The molecule has 0 heterocycles. The minimum Gasteiger partial charge on any atom is -0.224 e. The molecule has 0 saturated carbocycles. The second-order valence-corrected chi connectivity index (χ2v) is 8.19. The molecule has 3 heteroatoms. The smallest absolute Gasteiger partial charge is 0.178 e. The Bertz CT molecular complexity index is 506. The zero-order chi connectivity index (χ0) is 16.3. The fourth-order valence-corrected chi connectivity index (χ4v) is 4.25. The number of sulfone groups is 1. The Hall–Kier alpha value is -0.830. The van der Waals surface area contributed by atoms with Crippen LogP contribution in [0.25, 0.3) is 0 Å². The molecule has 0 aliphatic carbocycles. The standard InChI is InChI=1S/C19H31O2S/c1-3-4-5-6-7-8-9-10-11-14-17-22(20,21)19-16-13-12-15-18(19)2/h12-13,15-16H,2-11,14,17H2,1H3. The van der Waals surface area contributed by atoms with E-state index in [0.29, 0.717) is 10.5 Å². The Morgan fingerprint density at radius 1 is 0.818 bits per heavy atom. The van der Waals surface area contributed by atoms with Crippen molar-refractivity contribution in [2.75, 3.05) is 5.75 Å². The molecule has 0 atom stereocenters. The molecule has 0 saturated heterocycles. The molecule has 1 aromatic carbocycles. The molecule has 1 rings (SSSR count). The molecule has 0 spiro atoms. The summed E-state index contributed by atoms with van der Waals surface area (Å²) >= 11 is 0. The van der Waals surface area contributed by atoms with Gasteiger partial charge in [-0.25, -0.2) is 8.42 Å². The van der Waals surface area contributed by atoms with Crippen molar-refractivity contribution in [3.63, 3.8) is 0 Å². The first kappa shape index (κ1) is 19.2. The van der Waals surface area contributed by atoms with Crippen molar-refractivity contribution in [2.45, 2.75) is 76.0 Å². The maximum absolute atomic E-state index is 12.2. The molecule has 0 aliphatic heterocycles. The molecule has 1 radical (unpaired) electrons. The number of hydrogen-bond acceptors (Lipinski definition) is 2. The van der Waals surface area contributed by atoms with Gasteiger partial charge in [-0.15, -0.1) is 0 Å². The lowest BCUT2D eigenvalue weighted by molar-refractivity contribution is 0.558. The van der Waals surface area contributed by atoms with Gasteiger partial charge < -0.3 is 0 Å². The van der Waals surface area contributed by atoms with E-state index in [4.69, 9.17) is 0 Å². The Kier molecular flexibility index (Phi) is 9.45. The number of hydrogen-bond donors (Lipinski definition) is 0. The van der Waals surface area contributed by atoms with Gasteiger partial charge in [-0.3, -0.25) is 0 Å². The summed E-state index contributed by atoms with van der Waals surface area (Å²) in [7, 11) is -3.16. The van der Waals surface area contributed by atoms with E-state index >= 15 is 0 Å². The second-order valence-electron chi connectivity index (χ2n) is 6.11. The Morgan fingerprint density at radius 2 is 1.32 bits per heavy atom. The van der Waals surface area contributed by atoms with Gasteiger partial charge in [-0.1, -0.05) is 82.9 Å². The third-order valence-corrected chi connectivity index (χ3v) is 5.97. The SMILES string of the molecule is [CH2]c1ccccc1S(=O)(=O)CCCCCCCCCCCC. The molecule has 22 heavy (non-hydrogen) atoms. The van der Waals surface area contributed by atoms with Crippen LogP contribution in [0.2, 0.25) is 0 Å². The monoisotopic (exact) mass is 323 g/mol. The number of unbranched alkanes of at least 4 members (excludes halogenated alkanes) is 9. The van der Waals surface area contributed by atoms with E-state index in [1.54, 1.807) is 18.2 Å². The lowest BCUT2D eigenvalue weighted by Crippen LogP contribution is -2.08. The number of rotatable bonds is 12. The van der Waals surface area contributed by atoms with Gasteiger partial charge in [0.25, 0.3) is 0 Å². The van der Waals surface area contributed by atoms with E-state index < -0.39 is 9.84 Å². The summed E-state index contributed by atoms with van der Waals surface area (Å²) in [6.45, 7) is 6.04. The fraction of sp³-hybridized carbons (Fsp3) is 0.632. The summed E-state index contributed by atoms with van der Waals surface area (Å²) in [4.78, 5) is 0.394. The molecule has 0 fully saturated rings. The largest absolute Gasteiger partial charge is 0.224 e. The molecule has 2 nitrogen and oxygen atoms in total. The van der Waals surface area contributed by atoms with Gasteiger partial charge in [0, 0.05) is 0 Å². The molecular formula is C19H31O2S. The summed E-state index contributed by atoms with van der Waals surface area (Å²) < 4.78 is 24.5. The minimum atomic E-state index is -3.16. The lowest BCUT2D eigenvalue weighted by Gasteiger charge is -2.07. The highest BCUT2D eigenvalue weighted by Gasteiger charge is 2.15. The first-order valence-corrected chi connectivity index (χ1v) is 10.4. The van der Waals surface area contributed by atoms with E-state index in [-0.39, 0.29) is 5.75 Å². The Labute approximate surface area is 137 Å². The van der Waals surface area contributed by atoms with Crippen LogP contribution in [-0.2, 0) is 9.84 Å². The highest BCUT2D eigenvalue weighted by Crippen LogP contribution is 2.18. The second kappa shape index (κ2) is 10.8. The van der Waals surface area contributed by atoms with E-state index in [2.05, 4.69) is 13.8 Å². The van der Waals surface area contributed by atoms with Gasteiger partial charge in [0.15, 0.2) is 9.84 Å². The third kappa shape index (κ3) is 7.44. The molecule has 0 bridgehead atoms. The van der Waals surface area contributed by atoms with Crippen LogP contribution in [0.5, 0.6) is 0 Å². The van der Waals surface area contributed by atoms with Gasteiger partial charge in [0.05, 0.1) is 10.6 Å². The van der Waals surface area contributed by atoms with Crippen molar-refractivity contribution in [1.29, 1.82) is 0 Å². The summed E-state index contributed by atoms with van der Waals surface area (Å²) in [6.07, 6.45) is 12.1. The molecule has 0 N–H and O–H groups in total. The van der Waals surface area contributed by atoms with E-state index in [9.17, 15) is 8.42 Å². The van der Waals surface area contributed by atoms with Gasteiger partial charge in [-0.05, 0) is 25.0 Å². The van der Waals surface area contributed by atoms with E-state index in [1.807, 2.05) is 6.07 Å². The van der Waals surface area contributed by atoms with Crippen molar-refractivity contribution >= 4 is 9.84 Å². The maximum Gasteiger partial charge on any atom is 0.178 e. The zero-order valence-corrected chi connectivity index (χ0v) is 14.8. The quantitative estimate of drug-likeness (QED) is 0.472. The molecule has 125 valence electrons. The average molecular weight is 324 g/mol. The van der Waals surface area contributed by atoms with Crippen molar-refractivity contribution in [2.24, 2.45) is 0 Å². The van der Waals surface area contributed by atoms with Crippen LogP contribution in [0.4, 0.5) is 0 Å². The summed E-state index contributed by atoms with van der Waals surface area (Å²) in [5.74, 6) is 0.246. The van der Waals surface area contributed by atoms with E-state index in [1.165, 1.54) is 44.9 Å². The van der Waals surface area contributed by atoms with Gasteiger partial charge >= 0.3 is 0 Å². The summed E-state index contributed by atoms with van der Waals surface area (Å²) in [5, 5.41) is 0. The highest BCUT2D eigenvalue weighted by atomic mass is 32.2. The predicted molar refractivity (Wildman–Crippen MR) is 94.8 cm³/mol. The zero-order valence-electron chi connectivity index (χ0n) is 14.0. The molecule has 1 aromatic rings. The maximum atomic E-state index is 12.2.